The van der Waals surface area contributed by atoms with E-state index in [1.807, 2.05) is 36.4 Å². The molecule has 1 heterocycles. The number of likely N-dealkylation sites (tertiary alicyclic amines) is 1. The summed E-state index contributed by atoms with van der Waals surface area (Å²) >= 11 is 0. The number of Topliss-reactive ketones (excluding diaryl/α,β-unsaturated/α-hetero) is 1. The first-order chi connectivity index (χ1) is 21.0. The zero-order chi connectivity index (χ0) is 31.7. The molecule has 4 rings (SSSR count). The van der Waals surface area contributed by atoms with Gasteiger partial charge in [0.05, 0.1) is 25.9 Å². The van der Waals surface area contributed by atoms with Crippen molar-refractivity contribution in [1.82, 2.24) is 25.2 Å². The van der Waals surface area contributed by atoms with Gasteiger partial charge in [0.15, 0.2) is 0 Å². The van der Waals surface area contributed by atoms with E-state index >= 15 is 0 Å². The van der Waals surface area contributed by atoms with Gasteiger partial charge in [-0.15, -0.1) is 0 Å². The third kappa shape index (κ3) is 8.94. The van der Waals surface area contributed by atoms with E-state index in [0.717, 1.165) is 11.8 Å². The molecule has 0 aliphatic carbocycles. The standard InChI is InChI=1S/C32H39N5O6S/c1-23(27-14-8-12-25-11-6-7-13-28(25)27)36-17-15-26(16-18-36)37(44(2,42)43)22-31(40)34-21-30(39)33-20-29(38)32(41)35-19-24-9-4-3-5-10-24/h3-14,23,26H,15-22H2,1-2H3,(H,33,39)(H,34,40)(H,35,41). The van der Waals surface area contributed by atoms with E-state index in [4.69, 9.17) is 0 Å². The molecule has 1 fully saturated rings. The van der Waals surface area contributed by atoms with Gasteiger partial charge in [-0.1, -0.05) is 72.8 Å². The number of ketones is 1. The number of hydrogen-bond donors (Lipinski definition) is 3. The van der Waals surface area contributed by atoms with Crippen molar-refractivity contribution in [2.45, 2.75) is 38.4 Å². The molecule has 3 amide bonds. The first kappa shape index (κ1) is 32.8. The summed E-state index contributed by atoms with van der Waals surface area (Å²) in [5.41, 5.74) is 2.04. The molecular formula is C32H39N5O6S. The first-order valence-corrected chi connectivity index (χ1v) is 16.4. The minimum Gasteiger partial charge on any atom is -0.347 e. The highest BCUT2D eigenvalue weighted by atomic mass is 32.2. The number of nitrogens with zero attached hydrogens (tertiary/aromatic N) is 2. The monoisotopic (exact) mass is 621 g/mol. The second-order valence-corrected chi connectivity index (χ2v) is 12.9. The summed E-state index contributed by atoms with van der Waals surface area (Å²) in [7, 11) is -3.71. The quantitative estimate of drug-likeness (QED) is 0.247. The summed E-state index contributed by atoms with van der Waals surface area (Å²) in [4.78, 5) is 51.2. The number of nitrogens with one attached hydrogen (secondary N) is 3. The van der Waals surface area contributed by atoms with Crippen LogP contribution in [0.15, 0.2) is 72.8 Å². The molecule has 0 radical (unpaired) electrons. The van der Waals surface area contributed by atoms with Gasteiger partial charge in [-0.3, -0.25) is 24.1 Å². The number of sulfonamides is 1. The van der Waals surface area contributed by atoms with Gasteiger partial charge in [0.25, 0.3) is 5.91 Å². The average molecular weight is 622 g/mol. The first-order valence-electron chi connectivity index (χ1n) is 14.6. The number of carbonyl (C=O) groups excluding carboxylic acids is 4. The van der Waals surface area contributed by atoms with Gasteiger partial charge < -0.3 is 16.0 Å². The molecule has 1 aliphatic heterocycles. The highest BCUT2D eigenvalue weighted by Gasteiger charge is 2.33. The van der Waals surface area contributed by atoms with E-state index in [-0.39, 0.29) is 18.6 Å². The lowest BCUT2D eigenvalue weighted by Gasteiger charge is -2.39. The van der Waals surface area contributed by atoms with Gasteiger partial charge in [-0.05, 0) is 41.7 Å². The fourth-order valence-corrected chi connectivity index (χ4v) is 6.57. The van der Waals surface area contributed by atoms with Crippen molar-refractivity contribution in [3.05, 3.63) is 83.9 Å². The molecule has 0 aromatic heterocycles. The van der Waals surface area contributed by atoms with Crippen LogP contribution in [0.25, 0.3) is 10.8 Å². The lowest BCUT2D eigenvalue weighted by molar-refractivity contribution is -0.138. The molecule has 3 aromatic rings. The molecule has 3 aromatic carbocycles. The number of amides is 3. The molecule has 0 bridgehead atoms. The van der Waals surface area contributed by atoms with Crippen molar-refractivity contribution in [3.8, 4) is 0 Å². The Morgan fingerprint density at radius 2 is 1.48 bits per heavy atom. The van der Waals surface area contributed by atoms with Crippen molar-refractivity contribution >= 4 is 44.3 Å². The Hall–Kier alpha value is -4.13. The molecular weight excluding hydrogens is 582 g/mol. The van der Waals surface area contributed by atoms with Gasteiger partial charge in [0.1, 0.15) is 0 Å². The smallest absolute Gasteiger partial charge is 0.289 e. The SMILES string of the molecule is CC(c1cccc2ccccc12)N1CCC(N(CC(=O)NCC(=O)NCC(=O)C(=O)NCc2ccccc2)S(C)(=O)=O)CC1. The Morgan fingerprint density at radius 1 is 0.841 bits per heavy atom. The molecule has 0 spiro atoms. The van der Waals surface area contributed by atoms with Crippen molar-refractivity contribution in [2.24, 2.45) is 0 Å². The van der Waals surface area contributed by atoms with E-state index < -0.39 is 53.2 Å². The number of piperidine rings is 1. The Bertz CT molecular complexity index is 1580. The van der Waals surface area contributed by atoms with Crippen molar-refractivity contribution in [2.75, 3.05) is 39.0 Å². The molecule has 1 aliphatic rings. The predicted molar refractivity (Wildman–Crippen MR) is 168 cm³/mol. The molecule has 0 saturated carbocycles. The van der Waals surface area contributed by atoms with Crippen molar-refractivity contribution < 1.29 is 27.6 Å². The molecule has 1 atom stereocenters. The van der Waals surface area contributed by atoms with E-state index in [0.29, 0.717) is 25.9 Å². The van der Waals surface area contributed by atoms with Crippen molar-refractivity contribution in [1.29, 1.82) is 0 Å². The van der Waals surface area contributed by atoms with Gasteiger partial charge in [-0.2, -0.15) is 4.31 Å². The van der Waals surface area contributed by atoms with Crippen LogP contribution >= 0.6 is 0 Å². The Balaban J connectivity index is 1.22. The predicted octanol–water partition coefficient (Wildman–Crippen LogP) is 1.74. The lowest BCUT2D eigenvalue weighted by atomic mass is 9.96. The van der Waals surface area contributed by atoms with Crippen LogP contribution in [0.5, 0.6) is 0 Å². The molecule has 12 heteroatoms. The number of carbonyl (C=O) groups is 4. The highest BCUT2D eigenvalue weighted by molar-refractivity contribution is 7.88. The Kier molecular flexibility index (Phi) is 11.2. The largest absolute Gasteiger partial charge is 0.347 e. The van der Waals surface area contributed by atoms with Gasteiger partial charge in [-0.25, -0.2) is 8.42 Å². The minimum atomic E-state index is -3.71. The summed E-state index contributed by atoms with van der Waals surface area (Å²) in [6.07, 6.45) is 2.20. The Labute approximate surface area is 258 Å². The third-order valence-electron chi connectivity index (χ3n) is 7.89. The highest BCUT2D eigenvalue weighted by Crippen LogP contribution is 2.31. The van der Waals surface area contributed by atoms with Crippen LogP contribution in [-0.4, -0.2) is 86.1 Å². The van der Waals surface area contributed by atoms with Gasteiger partial charge >= 0.3 is 0 Å². The topological polar surface area (TPSA) is 145 Å². The third-order valence-corrected chi connectivity index (χ3v) is 9.17. The van der Waals surface area contributed by atoms with Gasteiger partial charge in [0, 0.05) is 31.7 Å². The van der Waals surface area contributed by atoms with Crippen LogP contribution in [0.2, 0.25) is 0 Å². The fourth-order valence-electron chi connectivity index (χ4n) is 5.46. The maximum Gasteiger partial charge on any atom is 0.289 e. The van der Waals surface area contributed by atoms with E-state index in [1.165, 1.54) is 20.6 Å². The van der Waals surface area contributed by atoms with Crippen LogP contribution < -0.4 is 16.0 Å². The van der Waals surface area contributed by atoms with Crippen LogP contribution in [0.3, 0.4) is 0 Å². The maximum atomic E-state index is 12.7. The molecule has 234 valence electrons. The minimum absolute atomic E-state index is 0.136. The van der Waals surface area contributed by atoms with Crippen molar-refractivity contribution in [3.63, 3.8) is 0 Å². The zero-order valence-corrected chi connectivity index (χ0v) is 25.8. The molecule has 3 N–H and O–H groups in total. The average Bonchev–Trinajstić information content (AvgIpc) is 3.03. The lowest BCUT2D eigenvalue weighted by Crippen LogP contribution is -2.51. The summed E-state index contributed by atoms with van der Waals surface area (Å²) in [6.45, 7) is 2.25. The van der Waals surface area contributed by atoms with E-state index in [9.17, 15) is 27.6 Å². The second kappa shape index (κ2) is 15.0. The maximum absolute atomic E-state index is 12.7. The summed E-state index contributed by atoms with van der Waals surface area (Å²) in [5.74, 6) is -2.97. The summed E-state index contributed by atoms with van der Waals surface area (Å²) in [6, 6.07) is 23.3. The zero-order valence-electron chi connectivity index (χ0n) is 25.0. The number of fused-ring (bicyclic) bond motifs is 1. The number of benzene rings is 3. The summed E-state index contributed by atoms with van der Waals surface area (Å²) < 4.78 is 26.5. The molecule has 1 saturated heterocycles. The van der Waals surface area contributed by atoms with Gasteiger partial charge in [0.2, 0.25) is 27.6 Å². The number of rotatable bonds is 13. The summed E-state index contributed by atoms with van der Waals surface area (Å²) in [5, 5.41) is 9.57. The van der Waals surface area contributed by atoms with Crippen LogP contribution in [0.4, 0.5) is 0 Å². The molecule has 44 heavy (non-hydrogen) atoms. The van der Waals surface area contributed by atoms with Crippen LogP contribution in [-0.2, 0) is 35.7 Å². The number of hydrogen-bond acceptors (Lipinski definition) is 7. The molecule has 1 unspecified atom stereocenters. The second-order valence-electron chi connectivity index (χ2n) is 11.0. The van der Waals surface area contributed by atoms with E-state index in [2.05, 4.69) is 52.0 Å². The van der Waals surface area contributed by atoms with Crippen LogP contribution in [0.1, 0.15) is 36.9 Å². The van der Waals surface area contributed by atoms with E-state index in [1.54, 1.807) is 12.1 Å². The normalized spacial score (nSPS) is 15.1. The Morgan fingerprint density at radius 3 is 2.18 bits per heavy atom. The fraction of sp³-hybridized carbons (Fsp3) is 0.375. The molecule has 11 nitrogen and oxygen atoms in total. The van der Waals surface area contributed by atoms with Crippen LogP contribution in [0, 0.1) is 0 Å².